The number of benzene rings is 2. The summed E-state index contributed by atoms with van der Waals surface area (Å²) < 4.78 is 0. The number of hydrogen-bond acceptors (Lipinski definition) is 4. The molecule has 0 saturated heterocycles. The minimum Gasteiger partial charge on any atom is -0.384 e. The molecule has 2 atom stereocenters. The third kappa shape index (κ3) is 7.35. The average molecular weight is 687 g/mol. The number of unbranched alkanes of at least 4 members (excludes halogenated alkanes) is 4. The van der Waals surface area contributed by atoms with Gasteiger partial charge in [0, 0.05) is 62.2 Å². The first-order chi connectivity index (χ1) is 21.0. The molecule has 3 aliphatic carbocycles. The Morgan fingerprint density at radius 3 is 2.04 bits per heavy atom. The van der Waals surface area contributed by atoms with Crippen LogP contribution in [0.4, 0.5) is 11.4 Å². The smallest absolute Gasteiger partial charge is 0.0741 e. The van der Waals surface area contributed by atoms with Gasteiger partial charge in [-0.25, -0.2) is 0 Å². The number of rotatable bonds is 10. The Kier molecular flexibility index (Phi) is 11.5. The third-order valence-electron chi connectivity index (χ3n) is 9.79. The number of aryl methyl sites for hydroxylation is 1. The van der Waals surface area contributed by atoms with Crippen LogP contribution in [0.3, 0.4) is 0 Å². The molecule has 4 nitrogen and oxygen atoms in total. The first-order valence-electron chi connectivity index (χ1n) is 16.4. The summed E-state index contributed by atoms with van der Waals surface area (Å²) in [6.07, 6.45) is 16.7. The fourth-order valence-corrected chi connectivity index (χ4v) is 8.22. The fraction of sp³-hybridized carbons (Fsp3) is 0.459. The minimum absolute atomic E-state index is 0. The molecule has 7 rings (SSSR count). The van der Waals surface area contributed by atoms with E-state index in [0.29, 0.717) is 11.8 Å². The number of nitrogens with zero attached hydrogens (tertiary/aromatic N) is 2. The number of pyridine rings is 2. The molecule has 0 radical (unpaired) electrons. The van der Waals surface area contributed by atoms with Crippen molar-refractivity contribution in [2.24, 2.45) is 5.92 Å². The van der Waals surface area contributed by atoms with Gasteiger partial charge in [-0.3, -0.25) is 9.97 Å². The number of hydrogen-bond donors (Lipinski definition) is 2. The van der Waals surface area contributed by atoms with Crippen LogP contribution in [-0.4, -0.2) is 23.1 Å². The van der Waals surface area contributed by atoms with Crippen molar-refractivity contribution < 1.29 is 0 Å². The van der Waals surface area contributed by atoms with Crippen LogP contribution in [0.5, 0.6) is 0 Å². The van der Waals surface area contributed by atoms with Crippen LogP contribution < -0.4 is 10.6 Å². The maximum absolute atomic E-state index is 6.38. The second-order valence-electron chi connectivity index (χ2n) is 13.0. The third-order valence-corrected chi connectivity index (χ3v) is 10.3. The molecule has 0 saturated carbocycles. The Morgan fingerprint density at radius 1 is 0.733 bits per heavy atom. The normalized spacial score (nSPS) is 18.3. The summed E-state index contributed by atoms with van der Waals surface area (Å²) in [7, 11) is 0. The predicted molar refractivity (Wildman–Crippen MR) is 198 cm³/mol. The van der Waals surface area contributed by atoms with Gasteiger partial charge in [-0.2, -0.15) is 0 Å². The number of nitrogens with one attached hydrogen (secondary N) is 2. The first-order valence-corrected chi connectivity index (χ1v) is 17.2. The van der Waals surface area contributed by atoms with Crippen molar-refractivity contribution in [2.75, 3.05) is 23.7 Å². The molecule has 0 fully saturated rings. The summed E-state index contributed by atoms with van der Waals surface area (Å²) in [5, 5.41) is 11.6. The van der Waals surface area contributed by atoms with Gasteiger partial charge in [-0.05, 0) is 119 Å². The summed E-state index contributed by atoms with van der Waals surface area (Å²) in [6, 6.07) is 12.3. The predicted octanol–water partition coefficient (Wildman–Crippen LogP) is 11.3. The first kappa shape index (κ1) is 34.1. The lowest BCUT2D eigenvalue weighted by Crippen LogP contribution is -2.24. The van der Waals surface area contributed by atoms with Crippen molar-refractivity contribution in [1.29, 1.82) is 0 Å². The molecule has 8 heteroatoms. The van der Waals surface area contributed by atoms with Crippen molar-refractivity contribution >= 4 is 81.2 Å². The molecule has 0 amide bonds. The number of anilines is 2. The van der Waals surface area contributed by atoms with Gasteiger partial charge in [0.1, 0.15) is 0 Å². The number of aromatic nitrogens is 2. The van der Waals surface area contributed by atoms with E-state index in [1.807, 2.05) is 24.3 Å². The average Bonchev–Trinajstić information content (AvgIpc) is 2.98. The molecule has 45 heavy (non-hydrogen) atoms. The molecule has 4 aromatic rings. The summed E-state index contributed by atoms with van der Waals surface area (Å²) in [4.78, 5) is 10.1. The minimum atomic E-state index is 0. The maximum Gasteiger partial charge on any atom is 0.0741 e. The molecule has 0 aliphatic heterocycles. The SMILES string of the molecule is CC1=CC2Cc3nc4cc(Cl)ccc4c(NCCCCCCCNc4c5c(nc6cc(Cl)ccc46)CCCC5)c3C(C1)C2.Cl.Cl. The lowest BCUT2D eigenvalue weighted by molar-refractivity contribution is 0.433. The zero-order chi connectivity index (χ0) is 29.3. The van der Waals surface area contributed by atoms with Crippen LogP contribution in [0, 0.1) is 5.92 Å². The highest BCUT2D eigenvalue weighted by atomic mass is 35.5. The largest absolute Gasteiger partial charge is 0.384 e. The van der Waals surface area contributed by atoms with Crippen molar-refractivity contribution in [3.63, 3.8) is 0 Å². The van der Waals surface area contributed by atoms with Crippen LogP contribution in [0.2, 0.25) is 10.0 Å². The van der Waals surface area contributed by atoms with Crippen LogP contribution in [0.15, 0.2) is 48.0 Å². The van der Waals surface area contributed by atoms with Gasteiger partial charge >= 0.3 is 0 Å². The van der Waals surface area contributed by atoms with Crippen molar-refractivity contribution in [3.8, 4) is 0 Å². The molecular formula is C37H44Cl4N4. The second-order valence-corrected chi connectivity index (χ2v) is 13.9. The van der Waals surface area contributed by atoms with Crippen LogP contribution in [0.1, 0.15) is 93.1 Å². The quantitative estimate of drug-likeness (QED) is 0.129. The molecule has 3 aliphatic rings. The fourth-order valence-electron chi connectivity index (χ4n) is 7.88. The van der Waals surface area contributed by atoms with Crippen LogP contribution in [-0.2, 0) is 19.3 Å². The zero-order valence-electron chi connectivity index (χ0n) is 26.1. The van der Waals surface area contributed by atoms with Gasteiger partial charge in [0.25, 0.3) is 0 Å². The lowest BCUT2D eigenvalue weighted by Gasteiger charge is -2.36. The van der Waals surface area contributed by atoms with Gasteiger partial charge in [0.15, 0.2) is 0 Å². The Balaban J connectivity index is 0.00000200. The van der Waals surface area contributed by atoms with E-state index in [9.17, 15) is 0 Å². The highest BCUT2D eigenvalue weighted by Gasteiger charge is 2.33. The van der Waals surface area contributed by atoms with E-state index in [0.717, 1.165) is 59.9 Å². The lowest BCUT2D eigenvalue weighted by atomic mass is 9.71. The van der Waals surface area contributed by atoms with Gasteiger partial charge in [-0.15, -0.1) is 24.8 Å². The van der Waals surface area contributed by atoms with Gasteiger partial charge in [0.2, 0.25) is 0 Å². The number of allylic oxidation sites excluding steroid dienone is 2. The summed E-state index contributed by atoms with van der Waals surface area (Å²) in [5.41, 5.74) is 11.6. The number of fused-ring (bicyclic) bond motifs is 7. The monoisotopic (exact) mass is 684 g/mol. The molecule has 2 aromatic heterocycles. The Hall–Kier alpha value is -2.24. The highest BCUT2D eigenvalue weighted by Crippen LogP contribution is 2.47. The van der Waals surface area contributed by atoms with Gasteiger partial charge in [-0.1, -0.05) is 54.1 Å². The van der Waals surface area contributed by atoms with Gasteiger partial charge < -0.3 is 10.6 Å². The summed E-state index contributed by atoms with van der Waals surface area (Å²) in [6.45, 7) is 4.29. The van der Waals surface area contributed by atoms with E-state index in [-0.39, 0.29) is 24.8 Å². The Labute approximate surface area is 290 Å². The van der Waals surface area contributed by atoms with Crippen LogP contribution in [0.25, 0.3) is 21.8 Å². The van der Waals surface area contributed by atoms with E-state index < -0.39 is 0 Å². The van der Waals surface area contributed by atoms with Crippen molar-refractivity contribution in [3.05, 3.63) is 80.6 Å². The zero-order valence-corrected chi connectivity index (χ0v) is 29.2. The molecule has 0 spiro atoms. The number of halogens is 4. The van der Waals surface area contributed by atoms with Crippen molar-refractivity contribution in [2.45, 2.75) is 89.9 Å². The molecule has 2 aromatic carbocycles. The molecule has 2 N–H and O–H groups in total. The molecule has 2 bridgehead atoms. The molecule has 2 unspecified atom stereocenters. The van der Waals surface area contributed by atoms with E-state index >= 15 is 0 Å². The van der Waals surface area contributed by atoms with E-state index in [4.69, 9.17) is 33.2 Å². The summed E-state index contributed by atoms with van der Waals surface area (Å²) in [5.74, 6) is 1.19. The van der Waals surface area contributed by atoms with E-state index in [1.54, 1.807) is 0 Å². The van der Waals surface area contributed by atoms with Crippen molar-refractivity contribution in [1.82, 2.24) is 9.97 Å². The topological polar surface area (TPSA) is 49.8 Å². The Morgan fingerprint density at radius 2 is 1.33 bits per heavy atom. The maximum atomic E-state index is 6.38. The van der Waals surface area contributed by atoms with E-state index in [1.165, 1.54) is 102 Å². The standard InChI is InChI=1S/C37H42Cl2N4.2ClH/c1-23-17-24-19-25(18-23)35-34(20-24)43-33-22-27(39)12-14-30(33)37(35)41-16-8-4-2-3-7-15-40-36-28-9-5-6-10-31(28)42-32-21-26(38)11-13-29(32)36;;/h11-14,17,21-22,24-25H,2-10,15-16,18-20H2,1H3,(H,40,42)(H,41,43);2*1H. The second kappa shape index (κ2) is 15.1. The molecular weight excluding hydrogens is 642 g/mol. The molecule has 2 heterocycles. The Bertz CT molecular complexity index is 1700. The highest BCUT2D eigenvalue weighted by molar-refractivity contribution is 6.31. The van der Waals surface area contributed by atoms with Crippen LogP contribution >= 0.6 is 48.0 Å². The van der Waals surface area contributed by atoms with E-state index in [2.05, 4.69) is 35.8 Å². The molecule has 240 valence electrons. The van der Waals surface area contributed by atoms with Gasteiger partial charge in [0.05, 0.1) is 11.0 Å². The summed E-state index contributed by atoms with van der Waals surface area (Å²) >= 11 is 12.7.